The number of nitrogens with one attached hydrogen (secondary N) is 1. The van der Waals surface area contributed by atoms with Gasteiger partial charge in [-0.2, -0.15) is 13.2 Å². The molecule has 0 spiro atoms. The molecule has 1 aliphatic heterocycles. The molecule has 82 valence electrons. The van der Waals surface area contributed by atoms with Crippen molar-refractivity contribution < 1.29 is 18.0 Å². The van der Waals surface area contributed by atoms with Gasteiger partial charge in [0.2, 0.25) is 0 Å². The van der Waals surface area contributed by atoms with Crippen LogP contribution in [-0.2, 0) is 4.79 Å². The van der Waals surface area contributed by atoms with Crippen LogP contribution in [0.25, 0.3) is 0 Å². The second kappa shape index (κ2) is 4.29. The van der Waals surface area contributed by atoms with Crippen LogP contribution in [0.4, 0.5) is 13.2 Å². The Morgan fingerprint density at radius 2 is 2.07 bits per heavy atom. The van der Waals surface area contributed by atoms with E-state index >= 15 is 0 Å². The summed E-state index contributed by atoms with van der Waals surface area (Å²) < 4.78 is 35.4. The number of halogens is 3. The predicted molar refractivity (Wildman–Crippen MR) is 45.8 cm³/mol. The molecule has 1 heterocycles. The highest BCUT2D eigenvalue weighted by molar-refractivity contribution is 5.81. The quantitative estimate of drug-likeness (QED) is 0.764. The molecule has 1 fully saturated rings. The molecule has 0 bridgehead atoms. The molecule has 1 aliphatic rings. The van der Waals surface area contributed by atoms with E-state index < -0.39 is 12.6 Å². The minimum atomic E-state index is -4.22. The van der Waals surface area contributed by atoms with Crippen molar-refractivity contribution in [2.75, 3.05) is 13.1 Å². The number of alkyl halides is 3. The number of carbonyl (C=O) groups excluding carboxylic acids is 1. The number of hydrogen-bond donors (Lipinski definition) is 1. The molecule has 1 N–H and O–H groups in total. The van der Waals surface area contributed by atoms with Crippen molar-refractivity contribution in [3.05, 3.63) is 0 Å². The van der Waals surface area contributed by atoms with Crippen LogP contribution in [0.1, 0.15) is 19.8 Å². The predicted octanol–water partition coefficient (Wildman–Crippen LogP) is 1.75. The minimum absolute atomic E-state index is 0.232. The van der Waals surface area contributed by atoms with Gasteiger partial charge >= 0.3 is 6.18 Å². The molecule has 1 saturated heterocycles. The zero-order valence-corrected chi connectivity index (χ0v) is 8.03. The van der Waals surface area contributed by atoms with E-state index in [1.54, 1.807) is 6.92 Å². The van der Waals surface area contributed by atoms with Gasteiger partial charge in [0.1, 0.15) is 5.78 Å². The number of rotatable bonds is 4. The minimum Gasteiger partial charge on any atom is -0.316 e. The topological polar surface area (TPSA) is 29.1 Å². The Morgan fingerprint density at radius 1 is 1.50 bits per heavy atom. The SMILES string of the molecule is CC(C(=O)CCC(F)(F)F)C1CNC1. The molecule has 0 aromatic rings. The molecule has 0 aromatic heterocycles. The zero-order valence-electron chi connectivity index (χ0n) is 8.03. The zero-order chi connectivity index (χ0) is 10.8. The Hall–Kier alpha value is -0.580. The van der Waals surface area contributed by atoms with Crippen LogP contribution >= 0.6 is 0 Å². The summed E-state index contributed by atoms with van der Waals surface area (Å²) in [6.07, 6.45) is -5.58. The van der Waals surface area contributed by atoms with Crippen LogP contribution in [0.15, 0.2) is 0 Å². The Balaban J connectivity index is 2.27. The van der Waals surface area contributed by atoms with Gasteiger partial charge in [0.25, 0.3) is 0 Å². The van der Waals surface area contributed by atoms with Crippen molar-refractivity contribution in [3.63, 3.8) is 0 Å². The molecular formula is C9H14F3NO. The molecule has 0 aliphatic carbocycles. The fraction of sp³-hybridized carbons (Fsp3) is 0.889. The normalized spacial score (nSPS) is 20.3. The van der Waals surface area contributed by atoms with Gasteiger partial charge < -0.3 is 5.32 Å². The highest BCUT2D eigenvalue weighted by Gasteiger charge is 2.32. The molecule has 1 atom stereocenters. The van der Waals surface area contributed by atoms with Crippen LogP contribution in [0.5, 0.6) is 0 Å². The number of carbonyl (C=O) groups is 1. The fourth-order valence-electron chi connectivity index (χ4n) is 1.42. The van der Waals surface area contributed by atoms with Gasteiger partial charge in [-0.3, -0.25) is 4.79 Å². The van der Waals surface area contributed by atoms with E-state index in [-0.39, 0.29) is 24.0 Å². The molecule has 0 aromatic carbocycles. The maximum Gasteiger partial charge on any atom is 0.389 e. The van der Waals surface area contributed by atoms with E-state index in [1.807, 2.05) is 0 Å². The molecule has 2 nitrogen and oxygen atoms in total. The van der Waals surface area contributed by atoms with E-state index in [0.717, 1.165) is 13.1 Å². The van der Waals surface area contributed by atoms with Gasteiger partial charge in [-0.25, -0.2) is 0 Å². The summed E-state index contributed by atoms with van der Waals surface area (Å²) in [6.45, 7) is 3.21. The molecule has 0 amide bonds. The second-order valence-electron chi connectivity index (χ2n) is 3.79. The van der Waals surface area contributed by atoms with Crippen LogP contribution in [0.3, 0.4) is 0 Å². The van der Waals surface area contributed by atoms with Gasteiger partial charge in [0.05, 0.1) is 6.42 Å². The molecule has 1 unspecified atom stereocenters. The summed E-state index contributed by atoms with van der Waals surface area (Å²) in [5.41, 5.74) is 0. The first-order valence-electron chi connectivity index (χ1n) is 4.70. The lowest BCUT2D eigenvalue weighted by atomic mass is 9.84. The average molecular weight is 209 g/mol. The molecule has 14 heavy (non-hydrogen) atoms. The van der Waals surface area contributed by atoms with Crippen LogP contribution < -0.4 is 5.32 Å². The Morgan fingerprint density at radius 3 is 2.43 bits per heavy atom. The maximum absolute atomic E-state index is 11.8. The summed E-state index contributed by atoms with van der Waals surface area (Å²) in [6, 6.07) is 0. The first-order chi connectivity index (χ1) is 6.40. The van der Waals surface area contributed by atoms with Crippen LogP contribution in [-0.4, -0.2) is 25.0 Å². The van der Waals surface area contributed by atoms with Crippen molar-refractivity contribution in [2.45, 2.75) is 25.9 Å². The van der Waals surface area contributed by atoms with E-state index in [0.29, 0.717) is 0 Å². The summed E-state index contributed by atoms with van der Waals surface area (Å²) >= 11 is 0. The standard InChI is InChI=1S/C9H14F3NO/c1-6(7-4-13-5-7)8(14)2-3-9(10,11)12/h6-7,13H,2-5H2,1H3. The summed E-state index contributed by atoms with van der Waals surface area (Å²) in [4.78, 5) is 11.3. The molecule has 5 heteroatoms. The molecule has 1 rings (SSSR count). The van der Waals surface area contributed by atoms with Crippen molar-refractivity contribution in [1.82, 2.24) is 5.32 Å². The first kappa shape index (κ1) is 11.5. The summed E-state index contributed by atoms with van der Waals surface area (Å²) in [5.74, 6) is -0.275. The van der Waals surface area contributed by atoms with Gasteiger partial charge in [-0.15, -0.1) is 0 Å². The Labute approximate surface area is 80.9 Å². The number of ketones is 1. The molecule has 0 saturated carbocycles. The maximum atomic E-state index is 11.8. The third kappa shape index (κ3) is 3.29. The lowest BCUT2D eigenvalue weighted by Gasteiger charge is -2.31. The summed E-state index contributed by atoms with van der Waals surface area (Å²) in [7, 11) is 0. The molecular weight excluding hydrogens is 195 g/mol. The van der Waals surface area contributed by atoms with Gasteiger partial charge in [-0.05, 0) is 19.0 Å². The number of hydrogen-bond acceptors (Lipinski definition) is 2. The lowest BCUT2D eigenvalue weighted by Crippen LogP contribution is -2.47. The van der Waals surface area contributed by atoms with E-state index in [2.05, 4.69) is 5.32 Å². The Kier molecular flexibility index (Phi) is 3.53. The smallest absolute Gasteiger partial charge is 0.316 e. The average Bonchev–Trinajstić information content (AvgIpc) is 1.95. The first-order valence-corrected chi connectivity index (χ1v) is 4.70. The van der Waals surface area contributed by atoms with Crippen molar-refractivity contribution in [1.29, 1.82) is 0 Å². The number of Topliss-reactive ketones (excluding diaryl/α,β-unsaturated/α-hetero) is 1. The van der Waals surface area contributed by atoms with Crippen LogP contribution in [0, 0.1) is 11.8 Å². The fourth-order valence-corrected chi connectivity index (χ4v) is 1.42. The third-order valence-corrected chi connectivity index (χ3v) is 2.68. The Bertz CT molecular complexity index is 211. The highest BCUT2D eigenvalue weighted by Crippen LogP contribution is 2.25. The van der Waals surface area contributed by atoms with E-state index in [4.69, 9.17) is 0 Å². The lowest BCUT2D eigenvalue weighted by molar-refractivity contribution is -0.145. The van der Waals surface area contributed by atoms with Crippen molar-refractivity contribution in [2.24, 2.45) is 11.8 Å². The van der Waals surface area contributed by atoms with Gasteiger partial charge in [0.15, 0.2) is 0 Å². The highest BCUT2D eigenvalue weighted by atomic mass is 19.4. The summed E-state index contributed by atoms with van der Waals surface area (Å²) in [5, 5.41) is 2.99. The molecule has 0 radical (unpaired) electrons. The van der Waals surface area contributed by atoms with Crippen molar-refractivity contribution >= 4 is 5.78 Å². The van der Waals surface area contributed by atoms with Gasteiger partial charge in [-0.1, -0.05) is 6.92 Å². The second-order valence-corrected chi connectivity index (χ2v) is 3.79. The van der Waals surface area contributed by atoms with E-state index in [9.17, 15) is 18.0 Å². The van der Waals surface area contributed by atoms with E-state index in [1.165, 1.54) is 0 Å². The third-order valence-electron chi connectivity index (χ3n) is 2.68. The largest absolute Gasteiger partial charge is 0.389 e. The van der Waals surface area contributed by atoms with Crippen molar-refractivity contribution in [3.8, 4) is 0 Å². The van der Waals surface area contributed by atoms with Crippen LogP contribution in [0.2, 0.25) is 0 Å². The monoisotopic (exact) mass is 209 g/mol. The van der Waals surface area contributed by atoms with Gasteiger partial charge in [0, 0.05) is 12.3 Å².